The van der Waals surface area contributed by atoms with E-state index >= 15 is 0 Å². The maximum Gasteiger partial charge on any atom is 0.151 e. The summed E-state index contributed by atoms with van der Waals surface area (Å²) in [6, 6.07) is 5.66. The summed E-state index contributed by atoms with van der Waals surface area (Å²) < 4.78 is 16.2. The van der Waals surface area contributed by atoms with E-state index in [1.165, 1.54) is 6.07 Å². The second-order valence-electron chi connectivity index (χ2n) is 5.76. The zero-order chi connectivity index (χ0) is 13.6. The van der Waals surface area contributed by atoms with Crippen molar-refractivity contribution >= 4 is 11.0 Å². The zero-order valence-corrected chi connectivity index (χ0v) is 11.5. The van der Waals surface area contributed by atoms with Gasteiger partial charge in [0.05, 0.1) is 5.52 Å². The maximum atomic E-state index is 14.0. The molecule has 1 aromatic carbocycles. The Bertz CT molecular complexity index is 609. The number of hydrogen-bond acceptors (Lipinski definition) is 2. The molecule has 0 amide bonds. The number of aromatic nitrogens is 2. The molecule has 1 aliphatic carbocycles. The number of rotatable bonds is 4. The molecule has 0 radical (unpaired) electrons. The molecule has 0 saturated heterocycles. The van der Waals surface area contributed by atoms with Gasteiger partial charge in [-0.2, -0.15) is 0 Å². The van der Waals surface area contributed by atoms with Crippen LogP contribution in [0, 0.1) is 5.82 Å². The van der Waals surface area contributed by atoms with Gasteiger partial charge < -0.3 is 10.3 Å². The maximum absolute atomic E-state index is 14.0. The Balaban J connectivity index is 2.29. The molecule has 1 aromatic heterocycles. The lowest BCUT2D eigenvalue weighted by molar-refractivity contribution is 0.418. The van der Waals surface area contributed by atoms with Gasteiger partial charge in [-0.1, -0.05) is 19.9 Å². The van der Waals surface area contributed by atoms with Gasteiger partial charge in [0, 0.05) is 18.0 Å². The van der Waals surface area contributed by atoms with E-state index in [4.69, 9.17) is 5.73 Å². The Morgan fingerprint density at radius 3 is 2.79 bits per heavy atom. The smallest absolute Gasteiger partial charge is 0.151 e. The summed E-state index contributed by atoms with van der Waals surface area (Å²) in [5.74, 6) is 0.703. The van der Waals surface area contributed by atoms with Gasteiger partial charge in [0.25, 0.3) is 0 Å². The zero-order valence-electron chi connectivity index (χ0n) is 11.5. The molecule has 3 rings (SSSR count). The van der Waals surface area contributed by atoms with E-state index < -0.39 is 0 Å². The molecule has 1 aliphatic rings. The van der Waals surface area contributed by atoms with Crippen molar-refractivity contribution in [1.82, 2.24) is 9.55 Å². The number of imidazole rings is 1. The van der Waals surface area contributed by atoms with E-state index in [-0.39, 0.29) is 11.2 Å². The van der Waals surface area contributed by atoms with Crippen LogP contribution in [0.2, 0.25) is 0 Å². The monoisotopic (exact) mass is 261 g/mol. The SMILES string of the molecule is CCC(C)(CN)c1nc2c(F)cccc2n1C1CC1. The minimum absolute atomic E-state index is 0.186. The molecule has 2 aromatic rings. The Morgan fingerprint density at radius 1 is 1.47 bits per heavy atom. The molecule has 19 heavy (non-hydrogen) atoms. The van der Waals surface area contributed by atoms with Gasteiger partial charge in [-0.3, -0.25) is 0 Å². The highest BCUT2D eigenvalue weighted by molar-refractivity contribution is 5.77. The first-order valence-corrected chi connectivity index (χ1v) is 6.97. The van der Waals surface area contributed by atoms with Crippen molar-refractivity contribution in [2.45, 2.75) is 44.6 Å². The summed E-state index contributed by atoms with van der Waals surface area (Å²) in [6.07, 6.45) is 3.21. The molecule has 0 spiro atoms. The molecule has 1 unspecified atom stereocenters. The number of benzene rings is 1. The highest BCUT2D eigenvalue weighted by Gasteiger charge is 2.36. The average Bonchev–Trinajstić information content (AvgIpc) is 3.18. The number of para-hydroxylation sites is 1. The first kappa shape index (κ1) is 12.6. The lowest BCUT2D eigenvalue weighted by Gasteiger charge is -2.26. The first-order valence-electron chi connectivity index (χ1n) is 6.97. The lowest BCUT2D eigenvalue weighted by Crippen LogP contribution is -2.34. The van der Waals surface area contributed by atoms with Gasteiger partial charge in [-0.15, -0.1) is 0 Å². The van der Waals surface area contributed by atoms with Crippen LogP contribution in [0.4, 0.5) is 4.39 Å². The second kappa shape index (κ2) is 4.30. The van der Waals surface area contributed by atoms with Crippen LogP contribution >= 0.6 is 0 Å². The highest BCUT2D eigenvalue weighted by atomic mass is 19.1. The van der Waals surface area contributed by atoms with Crippen LogP contribution in [-0.4, -0.2) is 16.1 Å². The van der Waals surface area contributed by atoms with E-state index in [1.54, 1.807) is 6.07 Å². The summed E-state index contributed by atoms with van der Waals surface area (Å²) in [6.45, 7) is 4.76. The fourth-order valence-corrected chi connectivity index (χ4v) is 2.60. The molecule has 1 atom stereocenters. The molecule has 3 nitrogen and oxygen atoms in total. The number of fused-ring (bicyclic) bond motifs is 1. The van der Waals surface area contributed by atoms with Gasteiger partial charge >= 0.3 is 0 Å². The summed E-state index contributed by atoms with van der Waals surface area (Å²) in [7, 11) is 0. The van der Waals surface area contributed by atoms with Crippen LogP contribution < -0.4 is 5.73 Å². The molecular weight excluding hydrogens is 241 g/mol. The van der Waals surface area contributed by atoms with Crippen LogP contribution in [0.3, 0.4) is 0 Å². The highest BCUT2D eigenvalue weighted by Crippen LogP contribution is 2.42. The fourth-order valence-electron chi connectivity index (χ4n) is 2.60. The third-order valence-corrected chi connectivity index (χ3v) is 4.35. The first-order chi connectivity index (χ1) is 9.10. The van der Waals surface area contributed by atoms with Gasteiger partial charge in [0.1, 0.15) is 11.3 Å². The van der Waals surface area contributed by atoms with E-state index in [0.29, 0.717) is 18.1 Å². The molecule has 2 N–H and O–H groups in total. The summed E-state index contributed by atoms with van der Waals surface area (Å²) in [5, 5.41) is 0. The van der Waals surface area contributed by atoms with Gasteiger partial charge in [0.2, 0.25) is 0 Å². The molecular formula is C15H20FN3. The largest absolute Gasteiger partial charge is 0.329 e. The molecule has 1 saturated carbocycles. The van der Waals surface area contributed by atoms with E-state index in [1.807, 2.05) is 6.07 Å². The minimum Gasteiger partial charge on any atom is -0.329 e. The normalized spacial score (nSPS) is 18.7. The van der Waals surface area contributed by atoms with Crippen molar-refractivity contribution in [3.8, 4) is 0 Å². The lowest BCUT2D eigenvalue weighted by atomic mass is 9.86. The predicted molar refractivity (Wildman–Crippen MR) is 74.7 cm³/mol. The third kappa shape index (κ3) is 1.86. The number of nitrogens with two attached hydrogens (primary N) is 1. The van der Waals surface area contributed by atoms with Crippen LogP contribution in [-0.2, 0) is 5.41 Å². The number of halogens is 1. The summed E-state index contributed by atoms with van der Waals surface area (Å²) >= 11 is 0. The van der Waals surface area contributed by atoms with E-state index in [9.17, 15) is 4.39 Å². The molecule has 0 aliphatic heterocycles. The molecule has 4 heteroatoms. The quantitative estimate of drug-likeness (QED) is 0.919. The average molecular weight is 261 g/mol. The topological polar surface area (TPSA) is 43.8 Å². The Hall–Kier alpha value is -1.42. The standard InChI is InChI=1S/C15H20FN3/c1-3-15(2,9-17)14-18-13-11(16)5-4-6-12(13)19(14)10-7-8-10/h4-6,10H,3,7-9,17H2,1-2H3. The van der Waals surface area contributed by atoms with Crippen LogP contribution in [0.5, 0.6) is 0 Å². The van der Waals surface area contributed by atoms with Crippen LogP contribution in [0.1, 0.15) is 45.0 Å². The van der Waals surface area contributed by atoms with Crippen molar-refractivity contribution in [1.29, 1.82) is 0 Å². The van der Waals surface area contributed by atoms with Gasteiger partial charge in [-0.25, -0.2) is 9.37 Å². The van der Waals surface area contributed by atoms with Crippen molar-refractivity contribution in [3.63, 3.8) is 0 Å². The molecule has 102 valence electrons. The Labute approximate surface area is 112 Å². The number of hydrogen-bond donors (Lipinski definition) is 1. The van der Waals surface area contributed by atoms with E-state index in [2.05, 4.69) is 23.4 Å². The molecule has 0 bridgehead atoms. The van der Waals surface area contributed by atoms with Gasteiger partial charge in [-0.05, 0) is 31.4 Å². The number of nitrogens with zero attached hydrogens (tertiary/aromatic N) is 2. The summed E-state index contributed by atoms with van der Waals surface area (Å²) in [4.78, 5) is 4.60. The molecule has 1 heterocycles. The predicted octanol–water partition coefficient (Wildman–Crippen LogP) is 3.14. The summed E-state index contributed by atoms with van der Waals surface area (Å²) in [5.41, 5.74) is 7.16. The van der Waals surface area contributed by atoms with Crippen molar-refractivity contribution in [2.24, 2.45) is 5.73 Å². The van der Waals surface area contributed by atoms with E-state index in [0.717, 1.165) is 30.6 Å². The van der Waals surface area contributed by atoms with Crippen molar-refractivity contribution in [2.75, 3.05) is 6.54 Å². The Kier molecular flexibility index (Phi) is 2.86. The van der Waals surface area contributed by atoms with Gasteiger partial charge in [0.15, 0.2) is 5.82 Å². The fraction of sp³-hybridized carbons (Fsp3) is 0.533. The minimum atomic E-state index is -0.242. The van der Waals surface area contributed by atoms with Crippen molar-refractivity contribution < 1.29 is 4.39 Å². The van der Waals surface area contributed by atoms with Crippen molar-refractivity contribution in [3.05, 3.63) is 29.8 Å². The second-order valence-corrected chi connectivity index (χ2v) is 5.76. The van der Waals surface area contributed by atoms with Crippen LogP contribution in [0.15, 0.2) is 18.2 Å². The van der Waals surface area contributed by atoms with Crippen LogP contribution in [0.25, 0.3) is 11.0 Å². The third-order valence-electron chi connectivity index (χ3n) is 4.35. The molecule has 1 fully saturated rings. The Morgan fingerprint density at radius 2 is 2.21 bits per heavy atom.